The van der Waals surface area contributed by atoms with E-state index in [0.29, 0.717) is 0 Å². The third-order valence-corrected chi connectivity index (χ3v) is 3.22. The Hall–Kier alpha value is -0.455. The maximum Gasteiger partial charge on any atom is 0.505 e. The Kier molecular flexibility index (Phi) is 2.24. The molecule has 0 aromatic carbocycles. The summed E-state index contributed by atoms with van der Waals surface area (Å²) < 4.78 is 57.4. The van der Waals surface area contributed by atoms with Crippen molar-refractivity contribution in [1.29, 1.82) is 0 Å². The summed E-state index contributed by atoms with van der Waals surface area (Å²) >= 11 is 0. The molecule has 1 heterocycles. The van der Waals surface area contributed by atoms with Crippen LogP contribution >= 0.6 is 0 Å². The molecule has 0 bridgehead atoms. The summed E-state index contributed by atoms with van der Waals surface area (Å²) in [7, 11) is -3.24. The molecule has 0 radical (unpaired) electrons. The van der Waals surface area contributed by atoms with Gasteiger partial charge < -0.3 is 12.9 Å². The fraction of sp³-hybridized carbons (Fsp3) is 0.600. The van der Waals surface area contributed by atoms with Gasteiger partial charge in [0.1, 0.15) is 0 Å². The first kappa shape index (κ1) is 9.63. The van der Waals surface area contributed by atoms with Gasteiger partial charge in [-0.05, 0) is 6.42 Å². The van der Waals surface area contributed by atoms with Gasteiger partial charge in [0.25, 0.3) is 0 Å². The molecular weight excluding hydrogens is 192 g/mol. The molecule has 0 spiro atoms. The van der Waals surface area contributed by atoms with Crippen molar-refractivity contribution in [3.05, 3.63) is 11.5 Å². The standard InChI is InChI=1S/C5H7BF3O2S/c7-6(8,9)5-1-3-12(10,11)4-2-5/h1H,2-4H2/q-1. The lowest BCUT2D eigenvalue weighted by Crippen LogP contribution is -2.27. The minimum absolute atomic E-state index is 0.375. The number of halogens is 3. The molecule has 0 saturated carbocycles. The van der Waals surface area contributed by atoms with Crippen LogP contribution in [-0.2, 0) is 9.84 Å². The zero-order valence-corrected chi connectivity index (χ0v) is 6.95. The van der Waals surface area contributed by atoms with E-state index in [9.17, 15) is 21.4 Å². The van der Waals surface area contributed by atoms with Crippen molar-refractivity contribution in [2.24, 2.45) is 0 Å². The highest BCUT2D eigenvalue weighted by Crippen LogP contribution is 2.26. The van der Waals surface area contributed by atoms with E-state index >= 15 is 0 Å². The third kappa shape index (κ3) is 2.26. The second-order valence-corrected chi connectivity index (χ2v) is 4.95. The van der Waals surface area contributed by atoms with Crippen molar-refractivity contribution in [1.82, 2.24) is 0 Å². The summed E-state index contributed by atoms with van der Waals surface area (Å²) in [4.78, 5) is 0. The molecule has 0 atom stereocenters. The molecule has 1 aliphatic rings. The van der Waals surface area contributed by atoms with Crippen LogP contribution in [0.25, 0.3) is 0 Å². The highest BCUT2D eigenvalue weighted by Gasteiger charge is 2.31. The highest BCUT2D eigenvalue weighted by molar-refractivity contribution is 7.91. The molecule has 0 N–H and O–H groups in total. The van der Waals surface area contributed by atoms with E-state index in [1.807, 2.05) is 0 Å². The minimum atomic E-state index is -4.98. The number of sulfone groups is 1. The first-order chi connectivity index (χ1) is 5.31. The Morgan fingerprint density at radius 1 is 1.33 bits per heavy atom. The average molecular weight is 199 g/mol. The third-order valence-electron chi connectivity index (χ3n) is 1.72. The van der Waals surface area contributed by atoms with Crippen LogP contribution in [0.2, 0.25) is 0 Å². The normalized spacial score (nSPS) is 23.4. The highest BCUT2D eigenvalue weighted by atomic mass is 32.2. The molecule has 0 aromatic heterocycles. The van der Waals surface area contributed by atoms with Crippen LogP contribution in [0, 0.1) is 0 Å². The number of hydrogen-bond acceptors (Lipinski definition) is 2. The molecule has 0 amide bonds. The Morgan fingerprint density at radius 2 is 1.92 bits per heavy atom. The molecule has 1 rings (SSSR count). The number of allylic oxidation sites excluding steroid dienone is 1. The fourth-order valence-electron chi connectivity index (χ4n) is 0.990. The molecule has 70 valence electrons. The van der Waals surface area contributed by atoms with Crippen molar-refractivity contribution in [3.63, 3.8) is 0 Å². The average Bonchev–Trinajstić information content (AvgIpc) is 1.83. The lowest BCUT2D eigenvalue weighted by Gasteiger charge is -2.22. The van der Waals surface area contributed by atoms with Crippen molar-refractivity contribution in [2.75, 3.05) is 11.5 Å². The predicted octanol–water partition coefficient (Wildman–Crippen LogP) is 1.12. The van der Waals surface area contributed by atoms with Gasteiger partial charge in [-0.3, -0.25) is 0 Å². The molecule has 12 heavy (non-hydrogen) atoms. The van der Waals surface area contributed by atoms with Crippen molar-refractivity contribution in [2.45, 2.75) is 6.42 Å². The number of hydrogen-bond donors (Lipinski definition) is 0. The smallest absolute Gasteiger partial charge is 0.445 e. The lowest BCUT2D eigenvalue weighted by molar-refractivity contribution is 0.486. The summed E-state index contributed by atoms with van der Waals surface area (Å²) in [6.07, 6.45) is 0.394. The fourth-order valence-corrected chi connectivity index (χ4v) is 2.17. The summed E-state index contributed by atoms with van der Waals surface area (Å²) in [5.74, 6) is -0.844. The molecule has 0 fully saturated rings. The van der Waals surface area contributed by atoms with Crippen molar-refractivity contribution < 1.29 is 21.4 Å². The minimum Gasteiger partial charge on any atom is -0.445 e. The van der Waals surface area contributed by atoms with Gasteiger partial charge in [0.05, 0.1) is 11.5 Å². The second-order valence-electron chi connectivity index (χ2n) is 2.72. The van der Waals surface area contributed by atoms with Gasteiger partial charge in [-0.25, -0.2) is 8.42 Å². The van der Waals surface area contributed by atoms with Gasteiger partial charge in [0.2, 0.25) is 0 Å². The van der Waals surface area contributed by atoms with Gasteiger partial charge in [-0.2, -0.15) is 0 Å². The number of rotatable bonds is 1. The van der Waals surface area contributed by atoms with Crippen LogP contribution in [0.1, 0.15) is 6.42 Å². The summed E-state index contributed by atoms with van der Waals surface area (Å²) in [5, 5.41) is 0. The van der Waals surface area contributed by atoms with Crippen LogP contribution in [0.3, 0.4) is 0 Å². The zero-order chi connectivity index (χ0) is 9.41. The van der Waals surface area contributed by atoms with Crippen LogP contribution in [0.15, 0.2) is 11.5 Å². The molecule has 1 aliphatic heterocycles. The van der Waals surface area contributed by atoms with E-state index in [1.165, 1.54) is 0 Å². The van der Waals surface area contributed by atoms with Crippen LogP contribution in [0.4, 0.5) is 12.9 Å². The monoisotopic (exact) mass is 199 g/mol. The quantitative estimate of drug-likeness (QED) is 0.593. The van der Waals surface area contributed by atoms with Gasteiger partial charge in [-0.1, -0.05) is 0 Å². The topological polar surface area (TPSA) is 34.1 Å². The molecule has 0 aromatic rings. The van der Waals surface area contributed by atoms with Crippen molar-refractivity contribution in [3.8, 4) is 0 Å². The van der Waals surface area contributed by atoms with Gasteiger partial charge in [-0.15, -0.1) is 11.5 Å². The van der Waals surface area contributed by atoms with Gasteiger partial charge in [0.15, 0.2) is 9.84 Å². The predicted molar refractivity (Wildman–Crippen MR) is 40.4 cm³/mol. The van der Waals surface area contributed by atoms with E-state index in [0.717, 1.165) is 6.08 Å². The Morgan fingerprint density at radius 3 is 2.25 bits per heavy atom. The maximum atomic E-state index is 12.0. The van der Waals surface area contributed by atoms with E-state index < -0.39 is 28.0 Å². The molecule has 0 unspecified atom stereocenters. The van der Waals surface area contributed by atoms with Crippen LogP contribution in [0.5, 0.6) is 0 Å². The second kappa shape index (κ2) is 2.79. The molecule has 0 saturated heterocycles. The largest absolute Gasteiger partial charge is 0.505 e. The Balaban J connectivity index is 2.82. The Bertz CT molecular complexity index is 303. The summed E-state index contributed by atoms with van der Waals surface area (Å²) in [6.45, 7) is -4.98. The summed E-state index contributed by atoms with van der Waals surface area (Å²) in [5.41, 5.74) is -0.662. The van der Waals surface area contributed by atoms with E-state index in [1.54, 1.807) is 0 Å². The molecule has 2 nitrogen and oxygen atoms in total. The first-order valence-corrected chi connectivity index (χ1v) is 5.23. The van der Waals surface area contributed by atoms with Gasteiger partial charge >= 0.3 is 6.98 Å². The first-order valence-electron chi connectivity index (χ1n) is 3.40. The maximum absolute atomic E-state index is 12.0. The molecule has 0 aliphatic carbocycles. The zero-order valence-electron chi connectivity index (χ0n) is 6.13. The molecule has 7 heteroatoms. The van der Waals surface area contributed by atoms with Crippen molar-refractivity contribution >= 4 is 16.8 Å². The van der Waals surface area contributed by atoms with Crippen LogP contribution in [-0.4, -0.2) is 26.9 Å². The van der Waals surface area contributed by atoms with Gasteiger partial charge in [0, 0.05) is 0 Å². The van der Waals surface area contributed by atoms with E-state index in [4.69, 9.17) is 0 Å². The summed E-state index contributed by atoms with van der Waals surface area (Å²) in [6, 6.07) is 0. The Labute approximate surface area is 68.4 Å². The molecular formula is C5H7BF3O2S-. The van der Waals surface area contributed by atoms with E-state index in [2.05, 4.69) is 0 Å². The SMILES string of the molecule is O=S1(=O)CC=C([B-](F)(F)F)CC1. The van der Waals surface area contributed by atoms with E-state index in [-0.39, 0.29) is 12.2 Å². The van der Waals surface area contributed by atoms with Crippen LogP contribution < -0.4 is 0 Å². The lowest BCUT2D eigenvalue weighted by atomic mass is 9.77.